The van der Waals surface area contributed by atoms with Crippen LogP contribution in [-0.4, -0.2) is 7.11 Å². The second-order valence-electron chi connectivity index (χ2n) is 3.64. The molecular formula is C13H15NO. The summed E-state index contributed by atoms with van der Waals surface area (Å²) in [6.07, 6.45) is 1.94. The number of nitriles is 1. The Balaban J connectivity index is 3.19. The van der Waals surface area contributed by atoms with Gasteiger partial charge in [0.2, 0.25) is 0 Å². The lowest BCUT2D eigenvalue weighted by molar-refractivity contribution is 0.413. The van der Waals surface area contributed by atoms with Gasteiger partial charge in [-0.2, -0.15) is 5.26 Å². The van der Waals surface area contributed by atoms with E-state index in [4.69, 9.17) is 10.00 Å². The van der Waals surface area contributed by atoms with E-state index < -0.39 is 0 Å². The molecular weight excluding hydrogens is 186 g/mol. The van der Waals surface area contributed by atoms with Crippen LogP contribution in [0.3, 0.4) is 0 Å². The lowest BCUT2D eigenvalue weighted by Gasteiger charge is -2.07. The van der Waals surface area contributed by atoms with Gasteiger partial charge in [-0.05, 0) is 18.1 Å². The molecule has 0 heterocycles. The normalized spacial score (nSPS) is 11.3. The first-order valence-corrected chi connectivity index (χ1v) is 4.94. The van der Waals surface area contributed by atoms with Gasteiger partial charge in [-0.1, -0.05) is 32.1 Å². The second kappa shape index (κ2) is 5.21. The van der Waals surface area contributed by atoms with Crippen LogP contribution < -0.4 is 4.74 Å². The highest BCUT2D eigenvalue weighted by Gasteiger charge is 2.07. The Morgan fingerprint density at radius 2 is 2.07 bits per heavy atom. The van der Waals surface area contributed by atoms with E-state index in [0.717, 1.165) is 11.3 Å². The highest BCUT2D eigenvalue weighted by Crippen LogP contribution is 2.25. The van der Waals surface area contributed by atoms with Crippen LogP contribution in [0.4, 0.5) is 0 Å². The summed E-state index contributed by atoms with van der Waals surface area (Å²) in [5.41, 5.74) is 1.53. The molecule has 0 unspecified atom stereocenters. The lowest BCUT2D eigenvalue weighted by atomic mass is 10.0. The van der Waals surface area contributed by atoms with Crippen molar-refractivity contribution in [1.82, 2.24) is 0 Å². The van der Waals surface area contributed by atoms with Crippen molar-refractivity contribution in [1.29, 1.82) is 5.26 Å². The summed E-state index contributed by atoms with van der Waals surface area (Å²) in [5, 5.41) is 9.07. The molecule has 0 atom stereocenters. The van der Waals surface area contributed by atoms with Crippen molar-refractivity contribution in [2.75, 3.05) is 7.11 Å². The van der Waals surface area contributed by atoms with Crippen molar-refractivity contribution >= 4 is 5.57 Å². The average Bonchev–Trinajstić information content (AvgIpc) is 2.25. The Labute approximate surface area is 90.8 Å². The molecule has 0 saturated carbocycles. The molecule has 1 aromatic rings. The maximum absolute atomic E-state index is 9.07. The van der Waals surface area contributed by atoms with Gasteiger partial charge in [0.1, 0.15) is 5.75 Å². The maximum Gasteiger partial charge on any atom is 0.127 e. The van der Waals surface area contributed by atoms with Gasteiger partial charge in [0.05, 0.1) is 18.8 Å². The lowest BCUT2D eigenvalue weighted by Crippen LogP contribution is -1.91. The van der Waals surface area contributed by atoms with Gasteiger partial charge < -0.3 is 4.74 Å². The van der Waals surface area contributed by atoms with Crippen molar-refractivity contribution < 1.29 is 4.74 Å². The number of allylic oxidation sites excluding steroid dienone is 2. The summed E-state index contributed by atoms with van der Waals surface area (Å²) in [7, 11) is 1.61. The molecule has 0 saturated heterocycles. The smallest absolute Gasteiger partial charge is 0.127 e. The summed E-state index contributed by atoms with van der Waals surface area (Å²) < 4.78 is 5.22. The minimum atomic E-state index is 0.351. The third kappa shape index (κ3) is 2.85. The van der Waals surface area contributed by atoms with Gasteiger partial charge in [0, 0.05) is 5.56 Å². The predicted octanol–water partition coefficient (Wildman–Crippen LogP) is 3.26. The average molecular weight is 201 g/mol. The van der Waals surface area contributed by atoms with Crippen LogP contribution in [0, 0.1) is 17.2 Å². The fraction of sp³-hybridized carbons (Fsp3) is 0.308. The standard InChI is InChI=1S/C13H15NO/c1-10(2)8-11(9-14)12-6-4-5-7-13(12)15-3/h4-8,10H,1-3H3/b11-8+. The van der Waals surface area contributed by atoms with Crippen molar-refractivity contribution in [3.05, 3.63) is 35.9 Å². The fourth-order valence-electron chi connectivity index (χ4n) is 1.39. The fourth-order valence-corrected chi connectivity index (χ4v) is 1.39. The molecule has 0 aliphatic carbocycles. The summed E-state index contributed by atoms with van der Waals surface area (Å²) in [5.74, 6) is 1.09. The third-order valence-electron chi connectivity index (χ3n) is 2.02. The van der Waals surface area contributed by atoms with Gasteiger partial charge in [-0.3, -0.25) is 0 Å². The first kappa shape index (κ1) is 11.3. The minimum absolute atomic E-state index is 0.351. The molecule has 1 rings (SSSR count). The van der Waals surface area contributed by atoms with Crippen molar-refractivity contribution in [2.45, 2.75) is 13.8 Å². The highest BCUT2D eigenvalue weighted by molar-refractivity contribution is 5.80. The molecule has 0 amide bonds. The molecule has 0 aromatic heterocycles. The molecule has 0 radical (unpaired) electrons. The Bertz CT molecular complexity index is 399. The number of para-hydroxylation sites is 1. The van der Waals surface area contributed by atoms with Crippen molar-refractivity contribution in [3.63, 3.8) is 0 Å². The van der Waals surface area contributed by atoms with Crippen molar-refractivity contribution in [3.8, 4) is 11.8 Å². The van der Waals surface area contributed by atoms with Crippen LogP contribution in [0.5, 0.6) is 5.75 Å². The summed E-state index contributed by atoms with van der Waals surface area (Å²) in [6.45, 7) is 4.10. The van der Waals surface area contributed by atoms with Gasteiger partial charge in [-0.15, -0.1) is 0 Å². The van der Waals surface area contributed by atoms with E-state index in [-0.39, 0.29) is 0 Å². The molecule has 0 aliphatic heterocycles. The third-order valence-corrected chi connectivity index (χ3v) is 2.02. The zero-order valence-corrected chi connectivity index (χ0v) is 9.32. The van der Waals surface area contributed by atoms with Crippen LogP contribution in [-0.2, 0) is 0 Å². The van der Waals surface area contributed by atoms with E-state index in [0.29, 0.717) is 11.5 Å². The highest BCUT2D eigenvalue weighted by atomic mass is 16.5. The van der Waals surface area contributed by atoms with Crippen molar-refractivity contribution in [2.24, 2.45) is 5.92 Å². The number of rotatable bonds is 3. The van der Waals surface area contributed by atoms with Gasteiger partial charge in [0.15, 0.2) is 0 Å². The SMILES string of the molecule is COc1ccccc1/C(C#N)=C/C(C)C. The van der Waals surface area contributed by atoms with E-state index in [2.05, 4.69) is 6.07 Å². The Kier molecular flexibility index (Phi) is 3.93. The predicted molar refractivity (Wildman–Crippen MR) is 61.4 cm³/mol. The minimum Gasteiger partial charge on any atom is -0.496 e. The van der Waals surface area contributed by atoms with Crippen LogP contribution in [0.1, 0.15) is 19.4 Å². The first-order valence-electron chi connectivity index (χ1n) is 4.94. The quantitative estimate of drug-likeness (QED) is 0.703. The number of ether oxygens (including phenoxy) is 1. The topological polar surface area (TPSA) is 33.0 Å². The summed E-state index contributed by atoms with van der Waals surface area (Å²) in [6, 6.07) is 9.77. The van der Waals surface area contributed by atoms with E-state index in [1.807, 2.05) is 44.2 Å². The molecule has 1 aromatic carbocycles. The number of benzene rings is 1. The molecule has 2 nitrogen and oxygen atoms in total. The Morgan fingerprint density at radius 1 is 1.40 bits per heavy atom. The van der Waals surface area contributed by atoms with E-state index in [9.17, 15) is 0 Å². The van der Waals surface area contributed by atoms with E-state index in [1.54, 1.807) is 7.11 Å². The molecule has 0 spiro atoms. The number of nitrogens with zero attached hydrogens (tertiary/aromatic N) is 1. The van der Waals surface area contributed by atoms with E-state index in [1.165, 1.54) is 0 Å². The number of hydrogen-bond donors (Lipinski definition) is 0. The van der Waals surface area contributed by atoms with Crippen LogP contribution in [0.2, 0.25) is 0 Å². The first-order chi connectivity index (χ1) is 7.19. The number of methoxy groups -OCH3 is 1. The molecule has 0 bridgehead atoms. The number of hydrogen-bond acceptors (Lipinski definition) is 2. The zero-order valence-electron chi connectivity index (χ0n) is 9.32. The van der Waals surface area contributed by atoms with Crippen LogP contribution >= 0.6 is 0 Å². The molecule has 78 valence electrons. The Morgan fingerprint density at radius 3 is 2.60 bits per heavy atom. The molecule has 0 N–H and O–H groups in total. The summed E-state index contributed by atoms with van der Waals surface area (Å²) in [4.78, 5) is 0. The maximum atomic E-state index is 9.07. The van der Waals surface area contributed by atoms with Gasteiger partial charge in [0.25, 0.3) is 0 Å². The molecule has 2 heteroatoms. The largest absolute Gasteiger partial charge is 0.496 e. The Hall–Kier alpha value is -1.75. The monoisotopic (exact) mass is 201 g/mol. The van der Waals surface area contributed by atoms with Gasteiger partial charge >= 0.3 is 0 Å². The van der Waals surface area contributed by atoms with Crippen LogP contribution in [0.25, 0.3) is 5.57 Å². The zero-order chi connectivity index (χ0) is 11.3. The second-order valence-corrected chi connectivity index (χ2v) is 3.64. The van der Waals surface area contributed by atoms with Gasteiger partial charge in [-0.25, -0.2) is 0 Å². The molecule has 0 fully saturated rings. The summed E-state index contributed by atoms with van der Waals surface area (Å²) >= 11 is 0. The van der Waals surface area contributed by atoms with E-state index >= 15 is 0 Å². The molecule has 15 heavy (non-hydrogen) atoms. The van der Waals surface area contributed by atoms with Crippen LogP contribution in [0.15, 0.2) is 30.3 Å². The molecule has 0 aliphatic rings.